The monoisotopic (exact) mass is 299 g/mol. The van der Waals surface area contributed by atoms with Crippen molar-refractivity contribution >= 4 is 28.3 Å². The molecule has 1 aromatic rings. The zero-order valence-electron chi connectivity index (χ0n) is 12.1. The summed E-state index contributed by atoms with van der Waals surface area (Å²) in [5.74, 6) is -0.360. The predicted octanol–water partition coefficient (Wildman–Crippen LogP) is 1.88. The molecule has 1 rings (SSSR count). The van der Waals surface area contributed by atoms with Gasteiger partial charge in [0.2, 0.25) is 5.91 Å². The van der Waals surface area contributed by atoms with Crippen LogP contribution in [0.5, 0.6) is 0 Å². The van der Waals surface area contributed by atoms with Gasteiger partial charge in [-0.25, -0.2) is 4.98 Å². The Hall–Kier alpha value is -1.47. The molecule has 0 fully saturated rings. The van der Waals surface area contributed by atoms with Crippen molar-refractivity contribution in [3.63, 3.8) is 0 Å². The molecule has 1 amide bonds. The summed E-state index contributed by atoms with van der Waals surface area (Å²) in [4.78, 5) is 28.8. The summed E-state index contributed by atoms with van der Waals surface area (Å²) in [7, 11) is 0. The summed E-state index contributed by atoms with van der Waals surface area (Å²) in [6.07, 6.45) is 0.947. The minimum Gasteiger partial charge on any atom is -0.465 e. The van der Waals surface area contributed by atoms with Crippen LogP contribution < -0.4 is 5.32 Å². The number of hydrogen-bond acceptors (Lipinski definition) is 6. The van der Waals surface area contributed by atoms with E-state index in [1.165, 1.54) is 18.3 Å². The first-order valence-corrected chi connectivity index (χ1v) is 7.53. The Kier molecular flexibility index (Phi) is 7.17. The molecule has 0 atom stereocenters. The van der Waals surface area contributed by atoms with Crippen LogP contribution in [0, 0.1) is 0 Å². The Balaban J connectivity index is 2.58. The third kappa shape index (κ3) is 6.12. The Morgan fingerprint density at radius 2 is 2.20 bits per heavy atom. The highest BCUT2D eigenvalue weighted by molar-refractivity contribution is 7.13. The number of rotatable bonds is 8. The maximum atomic E-state index is 11.5. The van der Waals surface area contributed by atoms with Gasteiger partial charge in [-0.2, -0.15) is 0 Å². The van der Waals surface area contributed by atoms with E-state index in [1.54, 1.807) is 6.92 Å². The molecule has 0 radical (unpaired) electrons. The normalized spacial score (nSPS) is 10.6. The molecule has 1 N–H and O–H groups in total. The third-order valence-electron chi connectivity index (χ3n) is 2.42. The average molecular weight is 299 g/mol. The second-order valence-corrected chi connectivity index (χ2v) is 5.20. The predicted molar refractivity (Wildman–Crippen MR) is 78.6 cm³/mol. The Morgan fingerprint density at radius 1 is 1.45 bits per heavy atom. The van der Waals surface area contributed by atoms with Gasteiger partial charge in [0.15, 0.2) is 5.13 Å². The van der Waals surface area contributed by atoms with Crippen molar-refractivity contribution in [3.05, 3.63) is 11.1 Å². The van der Waals surface area contributed by atoms with Crippen LogP contribution in [-0.4, -0.2) is 41.5 Å². The highest BCUT2D eigenvalue weighted by Gasteiger charge is 2.13. The second-order valence-electron chi connectivity index (χ2n) is 4.34. The standard InChI is InChI=1S/C13H21N3O3S/c1-4-6-16(8-12(18)19-5-2)7-11-9-20-13(15-11)14-10(3)17/h9H,4-8H2,1-3H3,(H,14,15,17). The first-order chi connectivity index (χ1) is 9.55. The molecular formula is C13H21N3O3S. The lowest BCUT2D eigenvalue weighted by Gasteiger charge is -2.19. The van der Waals surface area contributed by atoms with Crippen LogP contribution in [-0.2, 0) is 20.9 Å². The molecule has 6 nitrogen and oxygen atoms in total. The number of nitrogens with one attached hydrogen (secondary N) is 1. The summed E-state index contributed by atoms with van der Waals surface area (Å²) in [5, 5.41) is 5.12. The lowest BCUT2D eigenvalue weighted by Crippen LogP contribution is -2.31. The van der Waals surface area contributed by atoms with Crippen LogP contribution in [0.25, 0.3) is 0 Å². The Bertz CT molecular complexity index is 448. The first-order valence-electron chi connectivity index (χ1n) is 6.65. The molecule has 1 aromatic heterocycles. The number of aromatic nitrogens is 1. The molecule has 0 bridgehead atoms. The summed E-state index contributed by atoms with van der Waals surface area (Å²) >= 11 is 1.38. The van der Waals surface area contributed by atoms with Crippen molar-refractivity contribution in [2.75, 3.05) is 25.0 Å². The quantitative estimate of drug-likeness (QED) is 0.742. The van der Waals surface area contributed by atoms with Gasteiger partial charge in [-0.1, -0.05) is 6.92 Å². The smallest absolute Gasteiger partial charge is 0.320 e. The van der Waals surface area contributed by atoms with E-state index in [0.717, 1.165) is 18.7 Å². The van der Waals surface area contributed by atoms with Gasteiger partial charge in [-0.05, 0) is 19.9 Å². The van der Waals surface area contributed by atoms with E-state index in [1.807, 2.05) is 10.3 Å². The molecule has 1 heterocycles. The summed E-state index contributed by atoms with van der Waals surface area (Å²) < 4.78 is 4.96. The van der Waals surface area contributed by atoms with E-state index in [2.05, 4.69) is 17.2 Å². The summed E-state index contributed by atoms with van der Waals surface area (Å²) in [6, 6.07) is 0. The van der Waals surface area contributed by atoms with Gasteiger partial charge in [-0.3, -0.25) is 14.5 Å². The summed E-state index contributed by atoms with van der Waals surface area (Å²) in [6.45, 7) is 7.32. The van der Waals surface area contributed by atoms with Crippen LogP contribution >= 0.6 is 11.3 Å². The fraction of sp³-hybridized carbons (Fsp3) is 0.615. The van der Waals surface area contributed by atoms with Crippen LogP contribution in [0.3, 0.4) is 0 Å². The number of hydrogen-bond donors (Lipinski definition) is 1. The largest absolute Gasteiger partial charge is 0.465 e. The van der Waals surface area contributed by atoms with Crippen molar-refractivity contribution in [1.29, 1.82) is 0 Å². The molecular weight excluding hydrogens is 278 g/mol. The van der Waals surface area contributed by atoms with E-state index >= 15 is 0 Å². The molecule has 0 spiro atoms. The third-order valence-corrected chi connectivity index (χ3v) is 3.22. The zero-order valence-corrected chi connectivity index (χ0v) is 13.0. The molecule has 0 aliphatic heterocycles. The molecule has 0 aliphatic rings. The zero-order chi connectivity index (χ0) is 15.0. The molecule has 0 saturated carbocycles. The average Bonchev–Trinajstić information content (AvgIpc) is 2.76. The first kappa shape index (κ1) is 16.6. The Labute approximate surface area is 123 Å². The summed E-state index contributed by atoms with van der Waals surface area (Å²) in [5.41, 5.74) is 0.844. The van der Waals surface area contributed by atoms with Gasteiger partial charge >= 0.3 is 5.97 Å². The van der Waals surface area contributed by atoms with Crippen molar-refractivity contribution in [1.82, 2.24) is 9.88 Å². The second kappa shape index (κ2) is 8.65. The van der Waals surface area contributed by atoms with Gasteiger partial charge in [0, 0.05) is 18.8 Å². The molecule has 0 aromatic carbocycles. The van der Waals surface area contributed by atoms with Crippen molar-refractivity contribution in [2.45, 2.75) is 33.7 Å². The number of nitrogens with zero attached hydrogens (tertiary/aromatic N) is 2. The minimum absolute atomic E-state index is 0.136. The van der Waals surface area contributed by atoms with Crippen molar-refractivity contribution in [2.24, 2.45) is 0 Å². The van der Waals surface area contributed by atoms with Crippen molar-refractivity contribution in [3.8, 4) is 0 Å². The highest BCUT2D eigenvalue weighted by atomic mass is 32.1. The van der Waals surface area contributed by atoms with Gasteiger partial charge in [0.1, 0.15) is 0 Å². The van der Waals surface area contributed by atoms with Crippen LogP contribution in [0.4, 0.5) is 5.13 Å². The molecule has 0 unspecified atom stereocenters. The van der Waals surface area contributed by atoms with Gasteiger partial charge < -0.3 is 10.1 Å². The molecule has 7 heteroatoms. The number of carbonyl (C=O) groups is 2. The lowest BCUT2D eigenvalue weighted by molar-refractivity contribution is -0.144. The van der Waals surface area contributed by atoms with Crippen LogP contribution in [0.1, 0.15) is 32.9 Å². The van der Waals surface area contributed by atoms with E-state index in [0.29, 0.717) is 18.3 Å². The lowest BCUT2D eigenvalue weighted by atomic mass is 10.3. The maximum Gasteiger partial charge on any atom is 0.320 e. The van der Waals surface area contributed by atoms with Crippen molar-refractivity contribution < 1.29 is 14.3 Å². The molecule has 112 valence electrons. The molecule has 20 heavy (non-hydrogen) atoms. The Morgan fingerprint density at radius 3 is 2.80 bits per heavy atom. The SMILES string of the molecule is CCCN(CC(=O)OCC)Cc1csc(NC(C)=O)n1. The molecule has 0 saturated heterocycles. The number of carbonyl (C=O) groups excluding carboxylic acids is 2. The van der Waals surface area contributed by atoms with Gasteiger partial charge in [0.25, 0.3) is 0 Å². The molecule has 0 aliphatic carbocycles. The van der Waals surface area contributed by atoms with Gasteiger partial charge in [-0.15, -0.1) is 11.3 Å². The number of amides is 1. The highest BCUT2D eigenvalue weighted by Crippen LogP contribution is 2.16. The van der Waals surface area contributed by atoms with E-state index in [4.69, 9.17) is 4.74 Å². The van der Waals surface area contributed by atoms with Crippen LogP contribution in [0.15, 0.2) is 5.38 Å². The number of anilines is 1. The van der Waals surface area contributed by atoms with Crippen LogP contribution in [0.2, 0.25) is 0 Å². The number of esters is 1. The topological polar surface area (TPSA) is 71.5 Å². The number of ether oxygens (including phenoxy) is 1. The fourth-order valence-electron chi connectivity index (χ4n) is 1.74. The number of thiazole rings is 1. The fourth-order valence-corrected chi connectivity index (χ4v) is 2.48. The van der Waals surface area contributed by atoms with E-state index < -0.39 is 0 Å². The van der Waals surface area contributed by atoms with E-state index in [-0.39, 0.29) is 18.4 Å². The minimum atomic E-state index is -0.224. The van der Waals surface area contributed by atoms with Gasteiger partial charge in [0.05, 0.1) is 18.8 Å². The maximum absolute atomic E-state index is 11.5. The van der Waals surface area contributed by atoms with E-state index in [9.17, 15) is 9.59 Å².